The van der Waals surface area contributed by atoms with Crippen molar-refractivity contribution < 1.29 is 9.47 Å². The van der Waals surface area contributed by atoms with Gasteiger partial charge in [0, 0.05) is 14.2 Å². The smallest absolute Gasteiger partial charge is 0.205 e. The highest BCUT2D eigenvalue weighted by Gasteiger charge is 2.22. The predicted octanol–water partition coefficient (Wildman–Crippen LogP) is 2.05. The largest absolute Gasteiger partial charge is 0.381 e. The maximum atomic E-state index is 5.86. The first-order valence-corrected chi connectivity index (χ1v) is 6.78. The summed E-state index contributed by atoms with van der Waals surface area (Å²) in [5.41, 5.74) is 0. The van der Waals surface area contributed by atoms with E-state index in [0.29, 0.717) is 18.8 Å². The fourth-order valence-corrected chi connectivity index (χ4v) is 2.69. The van der Waals surface area contributed by atoms with E-state index in [1.807, 2.05) is 7.05 Å². The van der Waals surface area contributed by atoms with Gasteiger partial charge in [-0.3, -0.25) is 0 Å². The van der Waals surface area contributed by atoms with Gasteiger partial charge in [0.05, 0.1) is 12.2 Å². The maximum absolute atomic E-state index is 5.86. The first-order chi connectivity index (χ1) is 8.31. The zero-order chi connectivity index (χ0) is 12.1. The van der Waals surface area contributed by atoms with Crippen LogP contribution >= 0.6 is 11.3 Å². The third-order valence-corrected chi connectivity index (χ3v) is 3.95. The molecule has 1 fully saturated rings. The van der Waals surface area contributed by atoms with Crippen LogP contribution in [-0.4, -0.2) is 36.6 Å². The summed E-state index contributed by atoms with van der Waals surface area (Å²) in [4.78, 5) is 0. The van der Waals surface area contributed by atoms with E-state index in [9.17, 15) is 0 Å². The molecule has 1 aliphatic carbocycles. The minimum absolute atomic E-state index is 0.302. The first-order valence-electron chi connectivity index (χ1n) is 5.96. The van der Waals surface area contributed by atoms with Crippen LogP contribution in [0.4, 0.5) is 5.13 Å². The molecular formula is C11H19N3O2S. The predicted molar refractivity (Wildman–Crippen MR) is 67.3 cm³/mol. The molecule has 0 spiro atoms. The number of anilines is 1. The molecule has 5 nitrogen and oxygen atoms in total. The Hall–Kier alpha value is -0.720. The van der Waals surface area contributed by atoms with Crippen LogP contribution in [0.15, 0.2) is 0 Å². The van der Waals surface area contributed by atoms with Crippen molar-refractivity contribution in [3.8, 4) is 0 Å². The van der Waals surface area contributed by atoms with Gasteiger partial charge in [-0.25, -0.2) is 0 Å². The lowest BCUT2D eigenvalue weighted by molar-refractivity contribution is -0.0364. The van der Waals surface area contributed by atoms with Gasteiger partial charge in [0.1, 0.15) is 11.6 Å². The Kier molecular flexibility index (Phi) is 4.70. The van der Waals surface area contributed by atoms with Crippen molar-refractivity contribution in [2.45, 2.75) is 44.5 Å². The normalized spacial score (nSPS) is 24.8. The van der Waals surface area contributed by atoms with Gasteiger partial charge in [-0.1, -0.05) is 11.3 Å². The summed E-state index contributed by atoms with van der Waals surface area (Å²) in [6, 6.07) is 0. The van der Waals surface area contributed by atoms with Crippen LogP contribution in [0, 0.1) is 0 Å². The van der Waals surface area contributed by atoms with E-state index in [4.69, 9.17) is 9.47 Å². The Morgan fingerprint density at radius 1 is 1.35 bits per heavy atom. The van der Waals surface area contributed by atoms with Crippen molar-refractivity contribution in [3.05, 3.63) is 5.01 Å². The number of rotatable bonds is 5. The summed E-state index contributed by atoms with van der Waals surface area (Å²) in [6.45, 7) is 0.556. The highest BCUT2D eigenvalue weighted by molar-refractivity contribution is 7.15. The molecule has 1 saturated carbocycles. The van der Waals surface area contributed by atoms with E-state index in [2.05, 4.69) is 15.5 Å². The molecule has 0 saturated heterocycles. The number of hydrogen-bond donors (Lipinski definition) is 1. The SMILES string of the molecule is CNc1nnc(COC2CCCC(OC)C2)s1. The van der Waals surface area contributed by atoms with Crippen molar-refractivity contribution >= 4 is 16.5 Å². The molecule has 0 aliphatic heterocycles. The second-order valence-corrected chi connectivity index (χ2v) is 5.27. The fraction of sp³-hybridized carbons (Fsp3) is 0.818. The average Bonchev–Trinajstić information content (AvgIpc) is 2.84. The number of ether oxygens (including phenoxy) is 2. The van der Waals surface area contributed by atoms with Crippen molar-refractivity contribution in [2.75, 3.05) is 19.5 Å². The van der Waals surface area contributed by atoms with Gasteiger partial charge < -0.3 is 14.8 Å². The molecule has 17 heavy (non-hydrogen) atoms. The Labute approximate surface area is 106 Å². The average molecular weight is 257 g/mol. The maximum Gasteiger partial charge on any atom is 0.205 e. The third kappa shape index (κ3) is 3.62. The quantitative estimate of drug-likeness (QED) is 0.875. The highest BCUT2D eigenvalue weighted by Crippen LogP contribution is 2.24. The zero-order valence-electron chi connectivity index (χ0n) is 10.3. The second kappa shape index (κ2) is 6.28. The molecule has 2 rings (SSSR count). The highest BCUT2D eigenvalue weighted by atomic mass is 32.1. The Balaban J connectivity index is 1.77. The molecule has 1 aromatic heterocycles. The molecule has 1 N–H and O–H groups in total. The monoisotopic (exact) mass is 257 g/mol. The molecule has 0 amide bonds. The first kappa shape index (κ1) is 12.7. The van der Waals surface area contributed by atoms with E-state index in [1.165, 1.54) is 17.8 Å². The van der Waals surface area contributed by atoms with E-state index in [1.54, 1.807) is 7.11 Å². The summed E-state index contributed by atoms with van der Waals surface area (Å²) in [6.07, 6.45) is 5.11. The molecule has 2 atom stereocenters. The molecule has 1 aromatic rings. The molecule has 0 aromatic carbocycles. The van der Waals surface area contributed by atoms with E-state index < -0.39 is 0 Å². The van der Waals surface area contributed by atoms with Crippen LogP contribution in [0.25, 0.3) is 0 Å². The van der Waals surface area contributed by atoms with Crippen molar-refractivity contribution in [1.29, 1.82) is 0 Å². The third-order valence-electron chi connectivity index (χ3n) is 3.03. The standard InChI is InChI=1S/C11H19N3O2S/c1-12-11-14-13-10(17-11)7-16-9-5-3-4-8(6-9)15-2/h8-9H,3-7H2,1-2H3,(H,12,14). The number of nitrogens with one attached hydrogen (secondary N) is 1. The lowest BCUT2D eigenvalue weighted by Gasteiger charge is -2.27. The van der Waals surface area contributed by atoms with Gasteiger partial charge >= 0.3 is 0 Å². The van der Waals surface area contributed by atoms with E-state index >= 15 is 0 Å². The van der Waals surface area contributed by atoms with Crippen LogP contribution in [0.5, 0.6) is 0 Å². The summed E-state index contributed by atoms with van der Waals surface area (Å²) < 4.78 is 11.2. The minimum Gasteiger partial charge on any atom is -0.381 e. The van der Waals surface area contributed by atoms with Crippen LogP contribution in [0.2, 0.25) is 0 Å². The molecule has 2 unspecified atom stereocenters. The van der Waals surface area contributed by atoms with Crippen LogP contribution in [0.1, 0.15) is 30.7 Å². The van der Waals surface area contributed by atoms with Gasteiger partial charge in [0.15, 0.2) is 0 Å². The van der Waals surface area contributed by atoms with E-state index in [0.717, 1.165) is 29.4 Å². The van der Waals surface area contributed by atoms with Gasteiger partial charge in [-0.05, 0) is 25.7 Å². The molecule has 6 heteroatoms. The van der Waals surface area contributed by atoms with Crippen LogP contribution in [-0.2, 0) is 16.1 Å². The summed E-state index contributed by atoms with van der Waals surface area (Å²) in [5.74, 6) is 0. The molecule has 1 heterocycles. The number of hydrogen-bond acceptors (Lipinski definition) is 6. The van der Waals surface area contributed by atoms with Gasteiger partial charge in [0.2, 0.25) is 5.13 Å². The van der Waals surface area contributed by atoms with Gasteiger partial charge in [-0.15, -0.1) is 10.2 Å². The van der Waals surface area contributed by atoms with Crippen molar-refractivity contribution in [3.63, 3.8) is 0 Å². The molecule has 96 valence electrons. The Morgan fingerprint density at radius 3 is 2.88 bits per heavy atom. The van der Waals surface area contributed by atoms with Gasteiger partial charge in [0.25, 0.3) is 0 Å². The Morgan fingerprint density at radius 2 is 2.18 bits per heavy atom. The summed E-state index contributed by atoms with van der Waals surface area (Å²) >= 11 is 1.54. The second-order valence-electron chi connectivity index (χ2n) is 4.21. The van der Waals surface area contributed by atoms with Crippen molar-refractivity contribution in [1.82, 2.24) is 10.2 Å². The van der Waals surface area contributed by atoms with Gasteiger partial charge in [-0.2, -0.15) is 0 Å². The van der Waals surface area contributed by atoms with Crippen LogP contribution in [0.3, 0.4) is 0 Å². The number of nitrogens with zero attached hydrogens (tertiary/aromatic N) is 2. The fourth-order valence-electron chi connectivity index (χ4n) is 2.07. The van der Waals surface area contributed by atoms with E-state index in [-0.39, 0.29) is 0 Å². The van der Waals surface area contributed by atoms with Crippen LogP contribution < -0.4 is 5.32 Å². The van der Waals surface area contributed by atoms with Crippen molar-refractivity contribution in [2.24, 2.45) is 0 Å². The minimum atomic E-state index is 0.302. The molecule has 1 aliphatic rings. The lowest BCUT2D eigenvalue weighted by atomic mass is 9.95. The summed E-state index contributed by atoms with van der Waals surface area (Å²) in [5, 5.41) is 12.8. The topological polar surface area (TPSA) is 56.3 Å². The molecule has 0 radical (unpaired) electrons. The number of aromatic nitrogens is 2. The zero-order valence-corrected chi connectivity index (χ0v) is 11.1. The molecular weight excluding hydrogens is 238 g/mol. The summed E-state index contributed by atoms with van der Waals surface area (Å²) in [7, 11) is 3.62. The Bertz CT molecular complexity index is 345. The number of methoxy groups -OCH3 is 1. The lowest BCUT2D eigenvalue weighted by Crippen LogP contribution is -2.27. The molecule has 0 bridgehead atoms.